The van der Waals surface area contributed by atoms with Crippen LogP contribution in [0, 0.1) is 40.9 Å². The fourth-order valence-corrected chi connectivity index (χ4v) is 5.09. The maximum atomic E-state index is 2.76. The van der Waals surface area contributed by atoms with Crippen LogP contribution >= 0.6 is 0 Å². The van der Waals surface area contributed by atoms with E-state index in [1.807, 2.05) is 0 Å². The molecular weight excluding hydrogens is 254 g/mol. The van der Waals surface area contributed by atoms with Crippen LogP contribution in [0.2, 0.25) is 0 Å². The van der Waals surface area contributed by atoms with Gasteiger partial charge in [-0.3, -0.25) is 4.90 Å². The van der Waals surface area contributed by atoms with E-state index >= 15 is 0 Å². The summed E-state index contributed by atoms with van der Waals surface area (Å²) in [5.74, 6) is 4.59. The van der Waals surface area contributed by atoms with Crippen molar-refractivity contribution >= 4 is 0 Å². The number of rotatable bonds is 5. The Balaban J connectivity index is 3.35. The molecule has 0 saturated carbocycles. The molecule has 0 bridgehead atoms. The van der Waals surface area contributed by atoms with Gasteiger partial charge in [0.25, 0.3) is 0 Å². The Labute approximate surface area is 134 Å². The molecule has 0 spiro atoms. The summed E-state index contributed by atoms with van der Waals surface area (Å²) in [6.07, 6.45) is 0. The van der Waals surface area contributed by atoms with Crippen LogP contribution in [0.1, 0.15) is 69.2 Å². The van der Waals surface area contributed by atoms with E-state index in [1.54, 1.807) is 0 Å². The van der Waals surface area contributed by atoms with Crippen LogP contribution in [0.15, 0.2) is 0 Å². The third kappa shape index (κ3) is 3.33. The molecule has 1 saturated heterocycles. The van der Waals surface area contributed by atoms with E-state index in [9.17, 15) is 0 Å². The maximum absolute atomic E-state index is 2.76. The van der Waals surface area contributed by atoms with Crippen molar-refractivity contribution in [3.05, 3.63) is 0 Å². The Hall–Kier alpha value is -0.0400. The summed E-state index contributed by atoms with van der Waals surface area (Å²) in [5.41, 5.74) is 0.362. The van der Waals surface area contributed by atoms with Crippen molar-refractivity contribution < 1.29 is 0 Å². The second-order valence-corrected chi connectivity index (χ2v) is 9.46. The van der Waals surface area contributed by atoms with Gasteiger partial charge < -0.3 is 0 Å². The summed E-state index contributed by atoms with van der Waals surface area (Å²) in [7, 11) is 2.40. The summed E-state index contributed by atoms with van der Waals surface area (Å²) in [5, 5.41) is 0. The first-order chi connectivity index (χ1) is 9.44. The van der Waals surface area contributed by atoms with Crippen molar-refractivity contribution in [2.45, 2.75) is 81.3 Å². The van der Waals surface area contributed by atoms with Crippen LogP contribution in [-0.4, -0.2) is 24.0 Å². The maximum Gasteiger partial charge on any atom is 0.0183 e. The second-order valence-electron chi connectivity index (χ2n) is 9.46. The van der Waals surface area contributed by atoms with Gasteiger partial charge >= 0.3 is 0 Å². The van der Waals surface area contributed by atoms with Gasteiger partial charge in [0, 0.05) is 12.1 Å². The zero-order valence-electron chi connectivity index (χ0n) is 16.6. The number of hydrogen-bond acceptors (Lipinski definition) is 1. The summed E-state index contributed by atoms with van der Waals surface area (Å²) in [4.78, 5) is 2.76. The fourth-order valence-electron chi connectivity index (χ4n) is 5.09. The average molecular weight is 296 g/mol. The average Bonchev–Trinajstić information content (AvgIpc) is 2.62. The van der Waals surface area contributed by atoms with E-state index in [0.29, 0.717) is 17.4 Å². The molecule has 0 amide bonds. The highest BCUT2D eigenvalue weighted by atomic mass is 15.2. The Kier molecular flexibility index (Phi) is 5.98. The zero-order valence-corrected chi connectivity index (χ0v) is 16.6. The van der Waals surface area contributed by atoms with Gasteiger partial charge in [0.2, 0.25) is 0 Å². The predicted octanol–water partition coefficient (Wildman–Crippen LogP) is 5.55. The van der Waals surface area contributed by atoms with Gasteiger partial charge in [-0.25, -0.2) is 0 Å². The van der Waals surface area contributed by atoms with E-state index in [2.05, 4.69) is 81.2 Å². The molecular formula is C20H41N. The van der Waals surface area contributed by atoms with Gasteiger partial charge in [-0.15, -0.1) is 0 Å². The van der Waals surface area contributed by atoms with E-state index < -0.39 is 0 Å². The van der Waals surface area contributed by atoms with Crippen LogP contribution in [0.5, 0.6) is 0 Å². The lowest BCUT2D eigenvalue weighted by Gasteiger charge is -2.45. The molecule has 4 unspecified atom stereocenters. The van der Waals surface area contributed by atoms with E-state index in [-0.39, 0.29) is 0 Å². The third-order valence-electron chi connectivity index (χ3n) is 6.59. The summed E-state index contributed by atoms with van der Waals surface area (Å²) in [6.45, 7) is 24.4. The standard InChI is InChI=1S/C20H41N/c1-12(2)16-17(13(3)4)19(20(9,10)15(7)8)21(11)18(16)14(5)6/h12-19H,1-11H3. The lowest BCUT2D eigenvalue weighted by Crippen LogP contribution is -2.48. The Morgan fingerprint density at radius 2 is 1.14 bits per heavy atom. The lowest BCUT2D eigenvalue weighted by atomic mass is 9.64. The van der Waals surface area contributed by atoms with Crippen LogP contribution < -0.4 is 0 Å². The van der Waals surface area contributed by atoms with Crippen molar-refractivity contribution in [3.63, 3.8) is 0 Å². The largest absolute Gasteiger partial charge is 0.299 e. The molecule has 0 aromatic rings. The molecule has 0 aromatic heterocycles. The number of nitrogens with zero attached hydrogens (tertiary/aromatic N) is 1. The SMILES string of the molecule is CC(C)C1C(C(C)C)C(C(C)(C)C(C)C)N(C)C1C(C)C. The Morgan fingerprint density at radius 1 is 0.714 bits per heavy atom. The zero-order chi connectivity index (χ0) is 16.7. The van der Waals surface area contributed by atoms with Gasteiger partial charge in [0.05, 0.1) is 0 Å². The van der Waals surface area contributed by atoms with Crippen molar-refractivity contribution in [2.75, 3.05) is 7.05 Å². The minimum Gasteiger partial charge on any atom is -0.299 e. The molecule has 1 rings (SSSR count). The third-order valence-corrected chi connectivity index (χ3v) is 6.59. The molecule has 4 atom stereocenters. The topological polar surface area (TPSA) is 3.24 Å². The normalized spacial score (nSPS) is 32.1. The van der Waals surface area contributed by atoms with E-state index in [1.165, 1.54) is 0 Å². The second kappa shape index (κ2) is 6.60. The van der Waals surface area contributed by atoms with Gasteiger partial charge in [-0.2, -0.15) is 0 Å². The fraction of sp³-hybridized carbons (Fsp3) is 1.00. The first-order valence-corrected chi connectivity index (χ1v) is 9.16. The van der Waals surface area contributed by atoms with Crippen molar-refractivity contribution in [3.8, 4) is 0 Å². The lowest BCUT2D eigenvalue weighted by molar-refractivity contribution is 0.0421. The quantitative estimate of drug-likeness (QED) is 0.642. The molecule has 0 N–H and O–H groups in total. The molecule has 1 aliphatic heterocycles. The first kappa shape index (κ1) is 19.0. The molecule has 1 nitrogen and oxygen atoms in total. The van der Waals surface area contributed by atoms with Crippen molar-refractivity contribution in [1.82, 2.24) is 4.90 Å². The molecule has 0 aliphatic carbocycles. The highest BCUT2D eigenvalue weighted by Crippen LogP contribution is 2.52. The first-order valence-electron chi connectivity index (χ1n) is 9.16. The van der Waals surface area contributed by atoms with E-state index in [0.717, 1.165) is 35.6 Å². The highest BCUT2D eigenvalue weighted by Gasteiger charge is 2.55. The van der Waals surface area contributed by atoms with Gasteiger partial charge in [-0.05, 0) is 48.0 Å². The minimum absolute atomic E-state index is 0.362. The number of hydrogen-bond donors (Lipinski definition) is 0. The highest BCUT2D eigenvalue weighted by molar-refractivity contribution is 5.06. The number of likely N-dealkylation sites (tertiary alicyclic amines) is 1. The molecule has 1 heteroatoms. The van der Waals surface area contributed by atoms with Crippen LogP contribution in [0.4, 0.5) is 0 Å². The Morgan fingerprint density at radius 3 is 1.43 bits per heavy atom. The molecule has 21 heavy (non-hydrogen) atoms. The van der Waals surface area contributed by atoms with Crippen LogP contribution in [-0.2, 0) is 0 Å². The van der Waals surface area contributed by atoms with Crippen LogP contribution in [0.25, 0.3) is 0 Å². The van der Waals surface area contributed by atoms with Crippen molar-refractivity contribution in [2.24, 2.45) is 40.9 Å². The van der Waals surface area contributed by atoms with Crippen molar-refractivity contribution in [1.29, 1.82) is 0 Å². The Bertz CT molecular complexity index is 327. The smallest absolute Gasteiger partial charge is 0.0183 e. The molecule has 1 fully saturated rings. The predicted molar refractivity (Wildman–Crippen MR) is 95.5 cm³/mol. The monoisotopic (exact) mass is 295 g/mol. The molecule has 0 aromatic carbocycles. The van der Waals surface area contributed by atoms with Crippen LogP contribution in [0.3, 0.4) is 0 Å². The minimum atomic E-state index is 0.362. The van der Waals surface area contributed by atoms with Gasteiger partial charge in [0.1, 0.15) is 0 Å². The molecule has 1 aliphatic rings. The van der Waals surface area contributed by atoms with Gasteiger partial charge in [0.15, 0.2) is 0 Å². The molecule has 126 valence electrons. The van der Waals surface area contributed by atoms with Gasteiger partial charge in [-0.1, -0.05) is 69.2 Å². The summed E-state index contributed by atoms with van der Waals surface area (Å²) in [6, 6.07) is 1.41. The van der Waals surface area contributed by atoms with E-state index in [4.69, 9.17) is 0 Å². The summed E-state index contributed by atoms with van der Waals surface area (Å²) < 4.78 is 0. The molecule has 1 heterocycles. The molecule has 0 radical (unpaired) electrons. The summed E-state index contributed by atoms with van der Waals surface area (Å²) >= 11 is 0.